The lowest BCUT2D eigenvalue weighted by molar-refractivity contribution is 0.0991. The van der Waals surface area contributed by atoms with Crippen molar-refractivity contribution in [2.45, 2.75) is 51.2 Å². The van der Waals surface area contributed by atoms with E-state index in [-0.39, 0.29) is 6.04 Å². The highest BCUT2D eigenvalue weighted by molar-refractivity contribution is 5.94. The predicted molar refractivity (Wildman–Crippen MR) is 134 cm³/mol. The van der Waals surface area contributed by atoms with Crippen LogP contribution in [0.3, 0.4) is 0 Å². The van der Waals surface area contributed by atoms with Gasteiger partial charge in [0.1, 0.15) is 17.2 Å². The molecule has 0 spiro atoms. The average Bonchev–Trinajstić information content (AvgIpc) is 3.47. The van der Waals surface area contributed by atoms with Crippen molar-refractivity contribution in [3.8, 4) is 0 Å². The Hall–Kier alpha value is -2.97. The fraction of sp³-hybridized carbons (Fsp3) is 0.500. The van der Waals surface area contributed by atoms with E-state index in [1.165, 1.54) is 5.56 Å². The minimum absolute atomic E-state index is 0.222. The van der Waals surface area contributed by atoms with E-state index in [1.54, 1.807) is 0 Å². The molecule has 0 bridgehead atoms. The van der Waals surface area contributed by atoms with Crippen LogP contribution in [0, 0.1) is 0 Å². The van der Waals surface area contributed by atoms with Crippen molar-refractivity contribution in [3.05, 3.63) is 59.2 Å². The number of rotatable bonds is 7. The van der Waals surface area contributed by atoms with Crippen molar-refractivity contribution in [1.82, 2.24) is 24.2 Å². The van der Waals surface area contributed by atoms with Gasteiger partial charge in [0, 0.05) is 31.9 Å². The van der Waals surface area contributed by atoms with E-state index in [1.807, 2.05) is 28.8 Å². The van der Waals surface area contributed by atoms with Crippen LogP contribution in [0.4, 0.5) is 5.82 Å². The summed E-state index contributed by atoms with van der Waals surface area (Å²) in [6, 6.07) is 11.0. The summed E-state index contributed by atoms with van der Waals surface area (Å²) in [6.45, 7) is 5.43. The molecule has 1 amide bonds. The van der Waals surface area contributed by atoms with Crippen molar-refractivity contribution in [1.29, 1.82) is 0 Å². The molecular weight excluding hydrogens is 426 g/mol. The SMILES string of the molecule is CCN(Cc1nc2cccc(N3CC[C@@H](N(C)C)C3)n2c1C(N)=O)[C@H]1CCCc2cccnc21. The quantitative estimate of drug-likeness (QED) is 0.583. The smallest absolute Gasteiger partial charge is 0.267 e. The van der Waals surface area contributed by atoms with Crippen molar-refractivity contribution >= 4 is 17.4 Å². The fourth-order valence-corrected chi connectivity index (χ4v) is 5.68. The molecule has 4 heterocycles. The van der Waals surface area contributed by atoms with E-state index in [0.29, 0.717) is 18.3 Å². The molecular formula is C26H35N7O. The van der Waals surface area contributed by atoms with Crippen LogP contribution in [0.5, 0.6) is 0 Å². The molecule has 180 valence electrons. The van der Waals surface area contributed by atoms with Gasteiger partial charge in [-0.25, -0.2) is 4.98 Å². The highest BCUT2D eigenvalue weighted by atomic mass is 16.1. The zero-order valence-corrected chi connectivity index (χ0v) is 20.4. The minimum atomic E-state index is -0.434. The molecule has 0 saturated carbocycles. The van der Waals surface area contributed by atoms with Gasteiger partial charge in [0.25, 0.3) is 5.91 Å². The van der Waals surface area contributed by atoms with Gasteiger partial charge in [0.05, 0.1) is 17.4 Å². The topological polar surface area (TPSA) is 83.0 Å². The van der Waals surface area contributed by atoms with Crippen molar-refractivity contribution < 1.29 is 4.79 Å². The van der Waals surface area contributed by atoms with Crippen LogP contribution in [0.25, 0.3) is 5.65 Å². The first-order valence-electron chi connectivity index (χ1n) is 12.4. The number of likely N-dealkylation sites (N-methyl/N-ethyl adjacent to an activating group) is 1. The molecule has 2 atom stereocenters. The third kappa shape index (κ3) is 4.05. The first-order chi connectivity index (χ1) is 16.5. The first kappa shape index (κ1) is 22.8. The Bertz CT molecular complexity index is 1190. The second kappa shape index (κ2) is 9.35. The number of amides is 1. The summed E-state index contributed by atoms with van der Waals surface area (Å²) in [5.74, 6) is 0.554. The molecule has 8 heteroatoms. The number of hydrogen-bond acceptors (Lipinski definition) is 6. The summed E-state index contributed by atoms with van der Waals surface area (Å²) < 4.78 is 1.97. The molecule has 2 aliphatic rings. The van der Waals surface area contributed by atoms with Crippen molar-refractivity contribution in [3.63, 3.8) is 0 Å². The summed E-state index contributed by atoms with van der Waals surface area (Å²) in [4.78, 5) is 29.4. The molecule has 1 fully saturated rings. The second-order valence-electron chi connectivity index (χ2n) is 9.72. The number of anilines is 1. The fourth-order valence-electron chi connectivity index (χ4n) is 5.68. The zero-order valence-electron chi connectivity index (χ0n) is 20.4. The number of aromatic nitrogens is 3. The summed E-state index contributed by atoms with van der Waals surface area (Å²) in [6.07, 6.45) is 6.25. The maximum absolute atomic E-state index is 12.8. The van der Waals surface area contributed by atoms with Crippen LogP contribution in [-0.2, 0) is 13.0 Å². The van der Waals surface area contributed by atoms with E-state index in [2.05, 4.69) is 47.9 Å². The highest BCUT2D eigenvalue weighted by Gasteiger charge is 2.31. The maximum Gasteiger partial charge on any atom is 0.267 e. The second-order valence-corrected chi connectivity index (χ2v) is 9.72. The number of carbonyl (C=O) groups is 1. The molecule has 34 heavy (non-hydrogen) atoms. The maximum atomic E-state index is 12.8. The number of primary amides is 1. The molecule has 2 N–H and O–H groups in total. The molecule has 3 aromatic rings. The number of aryl methyl sites for hydroxylation is 1. The van der Waals surface area contributed by atoms with Crippen LogP contribution in [0.1, 0.15) is 59.7 Å². The number of nitrogens with two attached hydrogens (primary N) is 1. The molecule has 1 aliphatic heterocycles. The minimum Gasteiger partial charge on any atom is -0.364 e. The lowest BCUT2D eigenvalue weighted by Crippen LogP contribution is -2.33. The predicted octanol–water partition coefficient (Wildman–Crippen LogP) is 2.87. The van der Waals surface area contributed by atoms with Gasteiger partial charge >= 0.3 is 0 Å². The summed E-state index contributed by atoms with van der Waals surface area (Å²) >= 11 is 0. The standard InChI is InChI=1S/C26H35N7O/c1-4-31(21-10-5-8-18-9-7-14-28-24(18)21)17-20-25(26(27)34)33-22(29-20)11-6-12-23(33)32-15-13-19(16-32)30(2)3/h6-7,9,11-12,14,19,21H,4-5,8,10,13,15-17H2,1-3H3,(H2,27,34)/t19-,21+/m1/s1. The Balaban J connectivity index is 1.52. The van der Waals surface area contributed by atoms with Gasteiger partial charge in [-0.05, 0) is 70.1 Å². The van der Waals surface area contributed by atoms with Crippen LogP contribution in [-0.4, -0.2) is 69.8 Å². The van der Waals surface area contributed by atoms with E-state index in [9.17, 15) is 4.79 Å². The highest BCUT2D eigenvalue weighted by Crippen LogP contribution is 2.34. The molecule has 1 saturated heterocycles. The lowest BCUT2D eigenvalue weighted by atomic mass is 9.90. The van der Waals surface area contributed by atoms with Gasteiger partial charge in [0.15, 0.2) is 0 Å². The Labute approximate surface area is 201 Å². The van der Waals surface area contributed by atoms with E-state index < -0.39 is 5.91 Å². The van der Waals surface area contributed by atoms with Crippen LogP contribution in [0.2, 0.25) is 0 Å². The van der Waals surface area contributed by atoms with Gasteiger partial charge in [0.2, 0.25) is 0 Å². The molecule has 0 radical (unpaired) electrons. The van der Waals surface area contributed by atoms with Crippen LogP contribution in [0.15, 0.2) is 36.5 Å². The third-order valence-electron chi connectivity index (χ3n) is 7.51. The van der Waals surface area contributed by atoms with Crippen LogP contribution < -0.4 is 10.6 Å². The zero-order chi connectivity index (χ0) is 23.8. The lowest BCUT2D eigenvalue weighted by Gasteiger charge is -2.34. The monoisotopic (exact) mass is 461 g/mol. The van der Waals surface area contributed by atoms with E-state index >= 15 is 0 Å². The third-order valence-corrected chi connectivity index (χ3v) is 7.51. The van der Waals surface area contributed by atoms with Crippen LogP contribution >= 0.6 is 0 Å². The van der Waals surface area contributed by atoms with Gasteiger partial charge in [-0.3, -0.25) is 19.1 Å². The number of carbonyl (C=O) groups excluding carboxylic acids is 1. The first-order valence-corrected chi connectivity index (χ1v) is 12.4. The number of nitrogens with zero attached hydrogens (tertiary/aromatic N) is 6. The molecule has 8 nitrogen and oxygen atoms in total. The molecule has 0 unspecified atom stereocenters. The Morgan fingerprint density at radius 1 is 1.21 bits per heavy atom. The van der Waals surface area contributed by atoms with Gasteiger partial charge in [-0.1, -0.05) is 19.1 Å². The van der Waals surface area contributed by atoms with Gasteiger partial charge < -0.3 is 15.5 Å². The van der Waals surface area contributed by atoms with E-state index in [0.717, 1.165) is 68.2 Å². The number of imidazole rings is 1. The number of hydrogen-bond donors (Lipinski definition) is 1. The molecule has 1 aliphatic carbocycles. The summed E-state index contributed by atoms with van der Waals surface area (Å²) in [5, 5.41) is 0. The Morgan fingerprint density at radius 3 is 2.79 bits per heavy atom. The Morgan fingerprint density at radius 2 is 2.06 bits per heavy atom. The van der Waals surface area contributed by atoms with E-state index in [4.69, 9.17) is 15.7 Å². The van der Waals surface area contributed by atoms with Crippen molar-refractivity contribution in [2.75, 3.05) is 38.6 Å². The Kier molecular flexibility index (Phi) is 6.27. The van der Waals surface area contributed by atoms with Crippen molar-refractivity contribution in [2.24, 2.45) is 5.73 Å². The van der Waals surface area contributed by atoms with Gasteiger partial charge in [-0.2, -0.15) is 0 Å². The summed E-state index contributed by atoms with van der Waals surface area (Å²) in [5.41, 5.74) is 10.5. The normalized spacial score (nSPS) is 20.4. The molecule has 3 aromatic heterocycles. The molecule has 0 aromatic carbocycles. The number of fused-ring (bicyclic) bond motifs is 2. The number of pyridine rings is 2. The average molecular weight is 462 g/mol. The molecule has 5 rings (SSSR count). The summed E-state index contributed by atoms with van der Waals surface area (Å²) in [7, 11) is 4.24. The largest absolute Gasteiger partial charge is 0.364 e. The van der Waals surface area contributed by atoms with Gasteiger partial charge in [-0.15, -0.1) is 0 Å².